The topological polar surface area (TPSA) is 15.3 Å². The second kappa shape index (κ2) is 4.42. The van der Waals surface area contributed by atoms with Gasteiger partial charge in [0.1, 0.15) is 0 Å². The summed E-state index contributed by atoms with van der Waals surface area (Å²) in [4.78, 5) is 2.81. The van der Waals surface area contributed by atoms with Crippen LogP contribution in [0.1, 0.15) is 52.9 Å². The van der Waals surface area contributed by atoms with Crippen molar-refractivity contribution < 1.29 is 0 Å². The Morgan fingerprint density at radius 2 is 2.07 bits per heavy atom. The van der Waals surface area contributed by atoms with E-state index in [1.54, 1.807) is 0 Å². The molecule has 88 valence electrons. The molecule has 1 heterocycles. The summed E-state index contributed by atoms with van der Waals surface area (Å²) in [6.07, 6.45) is 6.92. The molecule has 1 aliphatic carbocycles. The fourth-order valence-corrected chi connectivity index (χ4v) is 3.29. The molecule has 0 aromatic carbocycles. The number of hydrogen-bond donors (Lipinski definition) is 1. The Labute approximate surface area is 94.4 Å². The van der Waals surface area contributed by atoms with Crippen LogP contribution >= 0.6 is 0 Å². The van der Waals surface area contributed by atoms with Gasteiger partial charge in [-0.1, -0.05) is 13.8 Å². The molecule has 1 aliphatic heterocycles. The summed E-state index contributed by atoms with van der Waals surface area (Å²) in [6.45, 7) is 9.50. The fraction of sp³-hybridized carbons (Fsp3) is 1.00. The molecule has 2 rings (SSSR count). The molecule has 2 atom stereocenters. The molecular weight excluding hydrogens is 184 g/mol. The molecular formula is C13H26N2. The van der Waals surface area contributed by atoms with Crippen LogP contribution in [0, 0.1) is 0 Å². The molecule has 0 bridgehead atoms. The maximum atomic E-state index is 3.65. The van der Waals surface area contributed by atoms with Crippen LogP contribution < -0.4 is 5.32 Å². The molecule has 15 heavy (non-hydrogen) atoms. The smallest absolute Gasteiger partial charge is 0.0211 e. The zero-order valence-electron chi connectivity index (χ0n) is 10.6. The van der Waals surface area contributed by atoms with Gasteiger partial charge < -0.3 is 5.32 Å². The maximum absolute atomic E-state index is 3.65. The number of nitrogens with zero attached hydrogens (tertiary/aromatic N) is 1. The van der Waals surface area contributed by atoms with Gasteiger partial charge in [-0.25, -0.2) is 0 Å². The molecule has 0 aromatic rings. The molecule has 1 saturated heterocycles. The van der Waals surface area contributed by atoms with E-state index in [0.29, 0.717) is 5.54 Å². The summed E-state index contributed by atoms with van der Waals surface area (Å²) in [7, 11) is 0. The van der Waals surface area contributed by atoms with Gasteiger partial charge in [0, 0.05) is 30.7 Å². The van der Waals surface area contributed by atoms with Crippen molar-refractivity contribution in [1.82, 2.24) is 10.2 Å². The summed E-state index contributed by atoms with van der Waals surface area (Å²) in [5.41, 5.74) is 0.578. The normalized spacial score (nSPS) is 36.2. The Kier molecular flexibility index (Phi) is 3.36. The van der Waals surface area contributed by atoms with E-state index in [1.165, 1.54) is 45.2 Å². The number of hydrogen-bond acceptors (Lipinski definition) is 2. The van der Waals surface area contributed by atoms with Crippen molar-refractivity contribution in [2.75, 3.05) is 13.1 Å². The Morgan fingerprint density at radius 3 is 2.53 bits per heavy atom. The molecule has 1 saturated carbocycles. The summed E-state index contributed by atoms with van der Waals surface area (Å²) < 4.78 is 0. The van der Waals surface area contributed by atoms with E-state index in [1.807, 2.05) is 0 Å². The molecule has 0 aromatic heterocycles. The van der Waals surface area contributed by atoms with E-state index in [0.717, 1.165) is 12.1 Å². The van der Waals surface area contributed by atoms with Crippen molar-refractivity contribution in [1.29, 1.82) is 0 Å². The lowest BCUT2D eigenvalue weighted by Crippen LogP contribution is -2.65. The van der Waals surface area contributed by atoms with E-state index in [4.69, 9.17) is 0 Å². The predicted octanol–water partition coefficient (Wildman–Crippen LogP) is 2.39. The standard InChI is InChI=1S/C13H26N2/c1-4-12-10-15(11(3)9-14-12)13(5-2)7-6-8-13/h11-12,14H,4-10H2,1-3H3. The molecule has 2 nitrogen and oxygen atoms in total. The van der Waals surface area contributed by atoms with Crippen molar-refractivity contribution in [3.63, 3.8) is 0 Å². The van der Waals surface area contributed by atoms with E-state index in [2.05, 4.69) is 31.0 Å². The molecule has 2 fully saturated rings. The van der Waals surface area contributed by atoms with Gasteiger partial charge in [-0.15, -0.1) is 0 Å². The zero-order valence-corrected chi connectivity index (χ0v) is 10.6. The van der Waals surface area contributed by atoms with Crippen LogP contribution in [-0.2, 0) is 0 Å². The lowest BCUT2D eigenvalue weighted by atomic mass is 9.72. The second-order valence-corrected chi connectivity index (χ2v) is 5.45. The Balaban J connectivity index is 2.04. The van der Waals surface area contributed by atoms with Crippen molar-refractivity contribution in [2.45, 2.75) is 70.5 Å². The maximum Gasteiger partial charge on any atom is 0.0211 e. The highest BCUT2D eigenvalue weighted by Gasteiger charge is 2.44. The minimum absolute atomic E-state index is 0.578. The number of nitrogens with one attached hydrogen (secondary N) is 1. The van der Waals surface area contributed by atoms with E-state index < -0.39 is 0 Å². The van der Waals surface area contributed by atoms with Crippen molar-refractivity contribution in [2.24, 2.45) is 0 Å². The van der Waals surface area contributed by atoms with Crippen molar-refractivity contribution in [3.05, 3.63) is 0 Å². The van der Waals surface area contributed by atoms with Crippen LogP contribution in [0.4, 0.5) is 0 Å². The fourth-order valence-electron chi connectivity index (χ4n) is 3.29. The third-order valence-corrected chi connectivity index (χ3v) is 4.70. The SMILES string of the molecule is CCC1CN(C2(CC)CCC2)C(C)CN1. The second-order valence-electron chi connectivity index (χ2n) is 5.45. The first-order valence-electron chi connectivity index (χ1n) is 6.72. The average Bonchev–Trinajstić information content (AvgIpc) is 2.20. The molecule has 2 unspecified atom stereocenters. The molecule has 1 N–H and O–H groups in total. The first-order valence-corrected chi connectivity index (χ1v) is 6.72. The van der Waals surface area contributed by atoms with Gasteiger partial charge in [0.05, 0.1) is 0 Å². The van der Waals surface area contributed by atoms with Crippen LogP contribution in [0.3, 0.4) is 0 Å². The van der Waals surface area contributed by atoms with Gasteiger partial charge in [0.2, 0.25) is 0 Å². The van der Waals surface area contributed by atoms with Crippen LogP contribution in [0.5, 0.6) is 0 Å². The van der Waals surface area contributed by atoms with Gasteiger partial charge in [-0.2, -0.15) is 0 Å². The Bertz CT molecular complexity index is 205. The van der Waals surface area contributed by atoms with Crippen LogP contribution in [0.15, 0.2) is 0 Å². The Hall–Kier alpha value is -0.0800. The third-order valence-electron chi connectivity index (χ3n) is 4.70. The molecule has 0 radical (unpaired) electrons. The minimum Gasteiger partial charge on any atom is -0.311 e. The molecule has 2 aliphatic rings. The quantitative estimate of drug-likeness (QED) is 0.769. The number of rotatable bonds is 3. The predicted molar refractivity (Wildman–Crippen MR) is 65.1 cm³/mol. The van der Waals surface area contributed by atoms with Crippen molar-refractivity contribution >= 4 is 0 Å². The van der Waals surface area contributed by atoms with Gasteiger partial charge in [0.25, 0.3) is 0 Å². The summed E-state index contributed by atoms with van der Waals surface area (Å²) in [5.74, 6) is 0. The first kappa shape index (κ1) is 11.4. The van der Waals surface area contributed by atoms with Gasteiger partial charge in [0.15, 0.2) is 0 Å². The highest BCUT2D eigenvalue weighted by molar-refractivity contribution is 5.01. The largest absolute Gasteiger partial charge is 0.311 e. The lowest BCUT2D eigenvalue weighted by molar-refractivity contribution is -0.0381. The molecule has 2 heteroatoms. The monoisotopic (exact) mass is 210 g/mol. The summed E-state index contributed by atoms with van der Waals surface area (Å²) in [6, 6.07) is 1.46. The first-order chi connectivity index (χ1) is 7.22. The zero-order chi connectivity index (χ0) is 10.9. The third kappa shape index (κ3) is 1.94. The lowest BCUT2D eigenvalue weighted by Gasteiger charge is -2.55. The summed E-state index contributed by atoms with van der Waals surface area (Å²) >= 11 is 0. The number of piperazine rings is 1. The Morgan fingerprint density at radius 1 is 1.33 bits per heavy atom. The average molecular weight is 210 g/mol. The minimum atomic E-state index is 0.578. The van der Waals surface area contributed by atoms with Gasteiger partial charge in [-0.05, 0) is 39.0 Å². The van der Waals surface area contributed by atoms with E-state index >= 15 is 0 Å². The highest BCUT2D eigenvalue weighted by Crippen LogP contribution is 2.42. The van der Waals surface area contributed by atoms with E-state index in [-0.39, 0.29) is 0 Å². The highest BCUT2D eigenvalue weighted by atomic mass is 15.3. The van der Waals surface area contributed by atoms with Crippen LogP contribution in [-0.4, -0.2) is 35.6 Å². The van der Waals surface area contributed by atoms with Crippen LogP contribution in [0.25, 0.3) is 0 Å². The summed E-state index contributed by atoms with van der Waals surface area (Å²) in [5, 5.41) is 3.65. The van der Waals surface area contributed by atoms with Crippen molar-refractivity contribution in [3.8, 4) is 0 Å². The van der Waals surface area contributed by atoms with Crippen LogP contribution in [0.2, 0.25) is 0 Å². The van der Waals surface area contributed by atoms with Gasteiger partial charge >= 0.3 is 0 Å². The molecule has 0 amide bonds. The molecule has 0 spiro atoms. The van der Waals surface area contributed by atoms with E-state index in [9.17, 15) is 0 Å². The van der Waals surface area contributed by atoms with Gasteiger partial charge in [-0.3, -0.25) is 4.90 Å².